The summed E-state index contributed by atoms with van der Waals surface area (Å²) in [5.74, 6) is 3.02. The van der Waals surface area contributed by atoms with Crippen molar-refractivity contribution < 1.29 is 9.90 Å². The number of rotatable bonds is 4. The second-order valence-corrected chi connectivity index (χ2v) is 8.01. The van der Waals surface area contributed by atoms with Crippen molar-refractivity contribution in [1.82, 2.24) is 9.80 Å². The predicted octanol–water partition coefficient (Wildman–Crippen LogP) is 2.32. The van der Waals surface area contributed by atoms with Crippen LogP contribution in [-0.4, -0.2) is 64.5 Å². The molecular formula is C19H28N2O2S. The Morgan fingerprint density at radius 2 is 1.88 bits per heavy atom. The molecule has 1 N–H and O–H groups in total. The number of piperidine rings is 1. The van der Waals surface area contributed by atoms with Crippen molar-refractivity contribution in [3.8, 4) is 0 Å². The molecular weight excluding hydrogens is 320 g/mol. The number of aliphatic hydroxyl groups is 1. The number of nitrogens with zero attached hydrogens (tertiary/aromatic N) is 2. The first-order chi connectivity index (χ1) is 11.7. The second-order valence-electron chi connectivity index (χ2n) is 6.78. The van der Waals surface area contributed by atoms with E-state index in [2.05, 4.69) is 17.9 Å². The molecule has 1 amide bonds. The Labute approximate surface area is 149 Å². The molecule has 132 valence electrons. The van der Waals surface area contributed by atoms with Crippen molar-refractivity contribution in [3.63, 3.8) is 0 Å². The normalized spacial score (nSPS) is 21.7. The van der Waals surface area contributed by atoms with Crippen molar-refractivity contribution in [3.05, 3.63) is 35.4 Å². The molecule has 4 nitrogen and oxygen atoms in total. The lowest BCUT2D eigenvalue weighted by Crippen LogP contribution is -2.51. The van der Waals surface area contributed by atoms with Crippen LogP contribution in [0.1, 0.15) is 36.8 Å². The van der Waals surface area contributed by atoms with E-state index < -0.39 is 0 Å². The fourth-order valence-corrected chi connectivity index (χ4v) is 4.80. The highest BCUT2D eigenvalue weighted by molar-refractivity contribution is 7.99. The number of aliphatic hydroxyl groups excluding tert-OH is 1. The van der Waals surface area contributed by atoms with Crippen LogP contribution >= 0.6 is 11.8 Å². The lowest BCUT2D eigenvalue weighted by Gasteiger charge is -2.38. The molecule has 2 aliphatic rings. The molecule has 3 rings (SSSR count). The van der Waals surface area contributed by atoms with Gasteiger partial charge in [0.2, 0.25) is 5.91 Å². The number of likely N-dealkylation sites (tertiary alicyclic amines) is 1. The third-order valence-corrected chi connectivity index (χ3v) is 6.37. The lowest BCUT2D eigenvalue weighted by molar-refractivity contribution is -0.137. The Kier molecular flexibility index (Phi) is 6.19. The summed E-state index contributed by atoms with van der Waals surface area (Å²) in [6.45, 7) is 5.87. The zero-order valence-corrected chi connectivity index (χ0v) is 15.3. The van der Waals surface area contributed by atoms with E-state index in [9.17, 15) is 9.90 Å². The minimum absolute atomic E-state index is 0.00665. The number of thioether (sulfide) groups is 1. The van der Waals surface area contributed by atoms with Gasteiger partial charge in [0.05, 0.1) is 12.6 Å². The summed E-state index contributed by atoms with van der Waals surface area (Å²) in [4.78, 5) is 17.2. The van der Waals surface area contributed by atoms with Gasteiger partial charge in [0, 0.05) is 37.7 Å². The summed E-state index contributed by atoms with van der Waals surface area (Å²) in [5.41, 5.74) is 2.29. The SMILES string of the molecule is CC(C(=O)N1CCC(c2ccccc2CO)CC1)N1CCSCC1. The van der Waals surface area contributed by atoms with Crippen molar-refractivity contribution in [1.29, 1.82) is 0 Å². The molecule has 0 saturated carbocycles. The Bertz CT molecular complexity index is 552. The van der Waals surface area contributed by atoms with E-state index in [0.717, 1.165) is 56.1 Å². The number of hydrogen-bond donors (Lipinski definition) is 1. The lowest BCUT2D eigenvalue weighted by atomic mass is 9.86. The van der Waals surface area contributed by atoms with Gasteiger partial charge >= 0.3 is 0 Å². The van der Waals surface area contributed by atoms with E-state index in [0.29, 0.717) is 5.92 Å². The Morgan fingerprint density at radius 3 is 2.54 bits per heavy atom. The summed E-state index contributed by atoms with van der Waals surface area (Å²) >= 11 is 1.98. The molecule has 2 fully saturated rings. The molecule has 1 aromatic carbocycles. The number of amides is 1. The predicted molar refractivity (Wildman–Crippen MR) is 99.3 cm³/mol. The van der Waals surface area contributed by atoms with Crippen LogP contribution in [0.5, 0.6) is 0 Å². The van der Waals surface area contributed by atoms with Crippen molar-refractivity contribution in [2.75, 3.05) is 37.7 Å². The third kappa shape index (κ3) is 3.95. The van der Waals surface area contributed by atoms with Gasteiger partial charge in [-0.1, -0.05) is 24.3 Å². The number of carbonyl (C=O) groups excluding carboxylic acids is 1. The molecule has 5 heteroatoms. The highest BCUT2D eigenvalue weighted by Gasteiger charge is 2.30. The van der Waals surface area contributed by atoms with Gasteiger partial charge in [-0.2, -0.15) is 11.8 Å². The van der Waals surface area contributed by atoms with E-state index in [1.165, 1.54) is 5.56 Å². The first kappa shape index (κ1) is 17.8. The molecule has 0 radical (unpaired) electrons. The molecule has 0 spiro atoms. The van der Waals surface area contributed by atoms with Crippen molar-refractivity contribution in [2.45, 2.75) is 38.3 Å². The smallest absolute Gasteiger partial charge is 0.239 e. The molecule has 1 aromatic rings. The fraction of sp³-hybridized carbons (Fsp3) is 0.632. The van der Waals surface area contributed by atoms with Crippen molar-refractivity contribution in [2.24, 2.45) is 0 Å². The average molecular weight is 349 g/mol. The molecule has 1 unspecified atom stereocenters. The highest BCUT2D eigenvalue weighted by atomic mass is 32.2. The first-order valence-corrected chi connectivity index (χ1v) is 10.2. The molecule has 24 heavy (non-hydrogen) atoms. The topological polar surface area (TPSA) is 43.8 Å². The summed E-state index contributed by atoms with van der Waals surface area (Å²) in [6.07, 6.45) is 1.98. The maximum absolute atomic E-state index is 12.8. The zero-order chi connectivity index (χ0) is 16.9. The quantitative estimate of drug-likeness (QED) is 0.907. The molecule has 2 aliphatic heterocycles. The van der Waals surface area contributed by atoms with Crippen LogP contribution in [0.4, 0.5) is 0 Å². The highest BCUT2D eigenvalue weighted by Crippen LogP contribution is 2.31. The van der Waals surface area contributed by atoms with E-state index in [1.54, 1.807) is 0 Å². The van der Waals surface area contributed by atoms with E-state index >= 15 is 0 Å². The maximum Gasteiger partial charge on any atom is 0.239 e. The van der Waals surface area contributed by atoms with Crippen LogP contribution in [0.25, 0.3) is 0 Å². The average Bonchev–Trinajstić information content (AvgIpc) is 2.67. The van der Waals surface area contributed by atoms with Crippen LogP contribution in [-0.2, 0) is 11.4 Å². The summed E-state index contributed by atoms with van der Waals surface area (Å²) in [7, 11) is 0. The van der Waals surface area contributed by atoms with Gasteiger partial charge in [0.1, 0.15) is 0 Å². The van der Waals surface area contributed by atoms with E-state index in [4.69, 9.17) is 0 Å². The number of hydrogen-bond acceptors (Lipinski definition) is 4. The van der Waals surface area contributed by atoms with Crippen molar-refractivity contribution >= 4 is 17.7 Å². The standard InChI is InChI=1S/C19H28N2O2S/c1-15(20-10-12-24-13-11-20)19(23)21-8-6-16(7-9-21)18-5-3-2-4-17(18)14-22/h2-5,15-16,22H,6-14H2,1H3. The van der Waals surface area contributed by atoms with Gasteiger partial charge in [-0.3, -0.25) is 9.69 Å². The first-order valence-electron chi connectivity index (χ1n) is 9.00. The molecule has 2 heterocycles. The zero-order valence-electron chi connectivity index (χ0n) is 14.5. The summed E-state index contributed by atoms with van der Waals surface area (Å²) in [5, 5.41) is 9.53. The van der Waals surface area contributed by atoms with Gasteiger partial charge < -0.3 is 10.0 Å². The van der Waals surface area contributed by atoms with Crippen LogP contribution in [0.2, 0.25) is 0 Å². The largest absolute Gasteiger partial charge is 0.392 e. The van der Waals surface area contributed by atoms with Crippen LogP contribution < -0.4 is 0 Å². The van der Waals surface area contributed by atoms with Gasteiger partial charge in [-0.05, 0) is 36.8 Å². The van der Waals surface area contributed by atoms with E-state index in [-0.39, 0.29) is 18.6 Å². The second kappa shape index (κ2) is 8.37. The van der Waals surface area contributed by atoms with Gasteiger partial charge in [0.15, 0.2) is 0 Å². The molecule has 0 aromatic heterocycles. The Balaban J connectivity index is 1.57. The van der Waals surface area contributed by atoms with Crippen LogP contribution in [0.15, 0.2) is 24.3 Å². The third-order valence-electron chi connectivity index (χ3n) is 5.42. The van der Waals surface area contributed by atoms with Gasteiger partial charge in [0.25, 0.3) is 0 Å². The maximum atomic E-state index is 12.8. The van der Waals surface area contributed by atoms with Gasteiger partial charge in [-0.25, -0.2) is 0 Å². The number of carbonyl (C=O) groups is 1. The molecule has 0 bridgehead atoms. The summed E-state index contributed by atoms with van der Waals surface area (Å²) in [6, 6.07) is 8.16. The Hall–Kier alpha value is -1.04. The number of benzene rings is 1. The molecule has 0 aliphatic carbocycles. The monoisotopic (exact) mass is 348 g/mol. The Morgan fingerprint density at radius 1 is 1.21 bits per heavy atom. The van der Waals surface area contributed by atoms with Crippen LogP contribution in [0.3, 0.4) is 0 Å². The molecule has 1 atom stereocenters. The van der Waals surface area contributed by atoms with E-state index in [1.807, 2.05) is 34.9 Å². The molecule has 2 saturated heterocycles. The fourth-order valence-electron chi connectivity index (χ4n) is 3.87. The minimum atomic E-state index is 0.00665. The minimum Gasteiger partial charge on any atom is -0.392 e. The van der Waals surface area contributed by atoms with Gasteiger partial charge in [-0.15, -0.1) is 0 Å². The van der Waals surface area contributed by atoms with Crippen LogP contribution in [0, 0.1) is 0 Å². The summed E-state index contributed by atoms with van der Waals surface area (Å²) < 4.78 is 0.